The summed E-state index contributed by atoms with van der Waals surface area (Å²) in [5, 5.41) is 1.38. The van der Waals surface area contributed by atoms with Crippen molar-refractivity contribution in [2.45, 2.75) is 38.8 Å². The molecule has 1 aromatic carbocycles. The first-order valence-corrected chi connectivity index (χ1v) is 9.07. The number of aryl methyl sites for hydroxylation is 2. The number of fused-ring (bicyclic) bond motifs is 3. The molecular weight excluding hydrogens is 310 g/mol. The zero-order valence-corrected chi connectivity index (χ0v) is 14.4. The van der Waals surface area contributed by atoms with Gasteiger partial charge in [0, 0.05) is 35.9 Å². The van der Waals surface area contributed by atoms with Crippen LogP contribution in [-0.2, 0) is 13.0 Å². The maximum absolute atomic E-state index is 13.0. The van der Waals surface area contributed by atoms with Gasteiger partial charge in [0.1, 0.15) is 5.69 Å². The van der Waals surface area contributed by atoms with Gasteiger partial charge in [-0.05, 0) is 56.0 Å². The molecule has 0 saturated heterocycles. The van der Waals surface area contributed by atoms with E-state index in [0.717, 1.165) is 32.4 Å². The molecule has 0 N–H and O–H groups in total. The Morgan fingerprint density at radius 3 is 2.96 bits per heavy atom. The molecule has 126 valence electrons. The lowest BCUT2D eigenvalue weighted by Crippen LogP contribution is -2.43. The summed E-state index contributed by atoms with van der Waals surface area (Å²) in [4.78, 5) is 19.4. The molecule has 25 heavy (non-hydrogen) atoms. The molecule has 1 atom stereocenters. The van der Waals surface area contributed by atoms with E-state index in [1.54, 1.807) is 6.20 Å². The van der Waals surface area contributed by atoms with E-state index in [-0.39, 0.29) is 11.9 Å². The normalized spacial score (nSPS) is 19.1. The van der Waals surface area contributed by atoms with Crippen molar-refractivity contribution >= 4 is 16.8 Å². The van der Waals surface area contributed by atoms with Crippen LogP contribution in [0.2, 0.25) is 0 Å². The lowest BCUT2D eigenvalue weighted by atomic mass is 9.89. The van der Waals surface area contributed by atoms with Crippen LogP contribution in [0.3, 0.4) is 0 Å². The molecule has 1 unspecified atom stereocenters. The average Bonchev–Trinajstić information content (AvgIpc) is 2.97. The summed E-state index contributed by atoms with van der Waals surface area (Å²) in [6.07, 6.45) is 4.99. The van der Waals surface area contributed by atoms with Gasteiger partial charge in [-0.25, -0.2) is 0 Å². The minimum atomic E-state index is 0.0612. The average molecular weight is 331 g/mol. The van der Waals surface area contributed by atoms with Gasteiger partial charge in [0.2, 0.25) is 0 Å². The van der Waals surface area contributed by atoms with Crippen molar-refractivity contribution in [1.29, 1.82) is 0 Å². The fourth-order valence-electron chi connectivity index (χ4n) is 4.60. The molecule has 4 heteroatoms. The quantitative estimate of drug-likeness (QED) is 0.679. The topological polar surface area (TPSA) is 38.1 Å². The van der Waals surface area contributed by atoms with Gasteiger partial charge in [0.15, 0.2) is 0 Å². The van der Waals surface area contributed by atoms with Crippen molar-refractivity contribution < 1.29 is 4.79 Å². The summed E-state index contributed by atoms with van der Waals surface area (Å²) in [6, 6.07) is 12.5. The zero-order chi connectivity index (χ0) is 17.0. The first-order chi connectivity index (χ1) is 12.2. The Morgan fingerprint density at radius 1 is 1.20 bits per heavy atom. The van der Waals surface area contributed by atoms with Gasteiger partial charge in [0.05, 0.1) is 6.04 Å². The Bertz CT molecular complexity index is 974. The summed E-state index contributed by atoms with van der Waals surface area (Å²) < 4.78 is 2.45. The van der Waals surface area contributed by atoms with E-state index in [9.17, 15) is 4.79 Å². The molecule has 3 aromatic rings. The molecule has 0 spiro atoms. The standard InChI is InChI=1S/C21H21N3O/c1-14-8-9-18-16(13-14)15-5-4-7-19-20(15)23(18)11-12-24(19)21(25)17-6-2-3-10-22-17/h2-3,6,8-10,13,19H,4-5,7,11-12H2,1H3. The van der Waals surface area contributed by atoms with Crippen LogP contribution in [0.4, 0.5) is 0 Å². The lowest BCUT2D eigenvalue weighted by molar-refractivity contribution is 0.0595. The number of hydrogen-bond donors (Lipinski definition) is 0. The molecule has 0 radical (unpaired) electrons. The van der Waals surface area contributed by atoms with Crippen molar-refractivity contribution in [3.63, 3.8) is 0 Å². The van der Waals surface area contributed by atoms with Crippen LogP contribution < -0.4 is 0 Å². The van der Waals surface area contributed by atoms with Crippen molar-refractivity contribution in [3.8, 4) is 0 Å². The van der Waals surface area contributed by atoms with Crippen LogP contribution in [-0.4, -0.2) is 26.9 Å². The van der Waals surface area contributed by atoms with Crippen LogP contribution in [0.25, 0.3) is 10.9 Å². The van der Waals surface area contributed by atoms with Gasteiger partial charge in [-0.2, -0.15) is 0 Å². The van der Waals surface area contributed by atoms with Crippen LogP contribution in [0.1, 0.15) is 46.2 Å². The Labute approximate surface area is 147 Å². The van der Waals surface area contributed by atoms with Crippen molar-refractivity contribution in [1.82, 2.24) is 14.5 Å². The summed E-state index contributed by atoms with van der Waals surface area (Å²) in [6.45, 7) is 3.77. The third-order valence-corrected chi connectivity index (χ3v) is 5.67. The van der Waals surface area contributed by atoms with E-state index < -0.39 is 0 Å². The Kier molecular flexibility index (Phi) is 3.20. The SMILES string of the molecule is Cc1ccc2c(c1)c1c3n2CCN(C(=O)c2ccccn2)C3CCC1. The number of rotatable bonds is 1. The number of carbonyl (C=O) groups is 1. The lowest BCUT2D eigenvalue weighted by Gasteiger charge is -2.39. The highest BCUT2D eigenvalue weighted by molar-refractivity contribution is 5.93. The van der Waals surface area contributed by atoms with E-state index in [1.807, 2.05) is 23.1 Å². The van der Waals surface area contributed by atoms with E-state index in [1.165, 1.54) is 27.7 Å². The molecule has 2 aliphatic rings. The monoisotopic (exact) mass is 331 g/mol. The van der Waals surface area contributed by atoms with Gasteiger partial charge in [-0.15, -0.1) is 0 Å². The second kappa shape index (κ2) is 5.45. The maximum Gasteiger partial charge on any atom is 0.273 e. The van der Waals surface area contributed by atoms with Crippen molar-refractivity contribution in [2.75, 3.05) is 6.54 Å². The fourth-order valence-corrected chi connectivity index (χ4v) is 4.60. The number of amides is 1. The van der Waals surface area contributed by atoms with Crippen LogP contribution in [0.15, 0.2) is 42.6 Å². The second-order valence-electron chi connectivity index (χ2n) is 7.16. The molecule has 0 saturated carbocycles. The molecule has 1 aliphatic heterocycles. The number of pyridine rings is 1. The first-order valence-electron chi connectivity index (χ1n) is 9.07. The summed E-state index contributed by atoms with van der Waals surface area (Å²) in [7, 11) is 0. The molecule has 3 heterocycles. The van der Waals surface area contributed by atoms with Crippen molar-refractivity contribution in [2.24, 2.45) is 0 Å². The fraction of sp³-hybridized carbons (Fsp3) is 0.333. The Balaban J connectivity index is 1.64. The summed E-state index contributed by atoms with van der Waals surface area (Å²) in [5.41, 5.74) is 5.99. The molecule has 5 rings (SSSR count). The van der Waals surface area contributed by atoms with E-state index in [0.29, 0.717) is 5.69 Å². The number of nitrogens with zero attached hydrogens (tertiary/aromatic N) is 3. The zero-order valence-electron chi connectivity index (χ0n) is 14.4. The molecular formula is C21H21N3O. The van der Waals surface area contributed by atoms with Crippen LogP contribution in [0.5, 0.6) is 0 Å². The molecule has 1 aliphatic carbocycles. The van der Waals surface area contributed by atoms with Crippen molar-refractivity contribution in [3.05, 3.63) is 65.1 Å². The van der Waals surface area contributed by atoms with E-state index >= 15 is 0 Å². The highest BCUT2D eigenvalue weighted by Crippen LogP contribution is 2.43. The largest absolute Gasteiger partial charge is 0.341 e. The predicted molar refractivity (Wildman–Crippen MR) is 97.6 cm³/mol. The maximum atomic E-state index is 13.0. The number of benzene rings is 1. The smallest absolute Gasteiger partial charge is 0.273 e. The molecule has 0 fully saturated rings. The summed E-state index contributed by atoms with van der Waals surface area (Å²) in [5.74, 6) is 0.0612. The van der Waals surface area contributed by atoms with Crippen LogP contribution >= 0.6 is 0 Å². The molecule has 4 nitrogen and oxygen atoms in total. The summed E-state index contributed by atoms with van der Waals surface area (Å²) >= 11 is 0. The number of hydrogen-bond acceptors (Lipinski definition) is 2. The third kappa shape index (κ3) is 2.13. The number of carbonyl (C=O) groups excluding carboxylic acids is 1. The number of aromatic nitrogens is 2. The van der Waals surface area contributed by atoms with Gasteiger partial charge in [-0.3, -0.25) is 9.78 Å². The Morgan fingerprint density at radius 2 is 2.12 bits per heavy atom. The first kappa shape index (κ1) is 14.7. The van der Waals surface area contributed by atoms with Gasteiger partial charge in [0.25, 0.3) is 5.91 Å². The highest BCUT2D eigenvalue weighted by atomic mass is 16.2. The van der Waals surface area contributed by atoms with Gasteiger partial charge < -0.3 is 9.47 Å². The third-order valence-electron chi connectivity index (χ3n) is 5.67. The highest BCUT2D eigenvalue weighted by Gasteiger charge is 2.37. The van der Waals surface area contributed by atoms with Gasteiger partial charge in [-0.1, -0.05) is 17.7 Å². The van der Waals surface area contributed by atoms with Gasteiger partial charge >= 0.3 is 0 Å². The second-order valence-corrected chi connectivity index (χ2v) is 7.16. The minimum Gasteiger partial charge on any atom is -0.341 e. The van der Waals surface area contributed by atoms with Crippen LogP contribution in [0, 0.1) is 6.92 Å². The van der Waals surface area contributed by atoms with E-state index in [4.69, 9.17) is 0 Å². The Hall–Kier alpha value is -2.62. The molecule has 0 bridgehead atoms. The molecule has 1 amide bonds. The van der Waals surface area contributed by atoms with E-state index in [2.05, 4.69) is 34.7 Å². The predicted octanol–water partition coefficient (Wildman–Crippen LogP) is 3.88. The molecule has 2 aromatic heterocycles. The minimum absolute atomic E-state index is 0.0612.